The van der Waals surface area contributed by atoms with Crippen molar-refractivity contribution in [3.8, 4) is 5.75 Å². The molecule has 3 nitrogen and oxygen atoms in total. The van der Waals surface area contributed by atoms with Crippen molar-refractivity contribution in [2.75, 3.05) is 6.54 Å². The zero-order valence-electron chi connectivity index (χ0n) is 10.1. The first-order valence-electron chi connectivity index (χ1n) is 5.79. The summed E-state index contributed by atoms with van der Waals surface area (Å²) in [5.41, 5.74) is 3.38. The maximum Gasteiger partial charge on any atom is 0.165 e. The van der Waals surface area contributed by atoms with E-state index in [9.17, 15) is 4.39 Å². The molecule has 0 saturated carbocycles. The number of nitrogens with zero attached hydrogens (tertiary/aromatic N) is 1. The zero-order chi connectivity index (χ0) is 12.8. The van der Waals surface area contributed by atoms with Gasteiger partial charge >= 0.3 is 0 Å². The van der Waals surface area contributed by atoms with E-state index in [0.717, 1.165) is 17.8 Å². The van der Waals surface area contributed by atoms with Gasteiger partial charge in [-0.3, -0.25) is 0 Å². The average Bonchev–Trinajstić information content (AvgIpc) is 2.88. The molecule has 0 unspecified atom stereocenters. The third-order valence-electron chi connectivity index (χ3n) is 2.46. The van der Waals surface area contributed by atoms with Crippen molar-refractivity contribution < 1.29 is 9.13 Å². The molecule has 0 saturated heterocycles. The molecule has 0 bridgehead atoms. The molecular weight excluding hydrogens is 251 g/mol. The van der Waals surface area contributed by atoms with Gasteiger partial charge in [0.05, 0.1) is 11.2 Å². The molecule has 0 atom stereocenters. The molecule has 1 N–H and O–H groups in total. The van der Waals surface area contributed by atoms with Crippen LogP contribution in [0.2, 0.25) is 0 Å². The molecule has 0 spiro atoms. The van der Waals surface area contributed by atoms with Crippen LogP contribution in [0, 0.1) is 5.82 Å². The van der Waals surface area contributed by atoms with Gasteiger partial charge in [0.1, 0.15) is 6.61 Å². The highest BCUT2D eigenvalue weighted by Gasteiger charge is 2.10. The Morgan fingerprint density at radius 3 is 3.06 bits per heavy atom. The molecule has 0 amide bonds. The van der Waals surface area contributed by atoms with Crippen molar-refractivity contribution in [2.45, 2.75) is 20.1 Å². The molecule has 96 valence electrons. The number of benzene rings is 1. The number of thiazole rings is 1. The van der Waals surface area contributed by atoms with Gasteiger partial charge in [0.2, 0.25) is 0 Å². The van der Waals surface area contributed by atoms with E-state index in [0.29, 0.717) is 18.9 Å². The lowest BCUT2D eigenvalue weighted by Crippen LogP contribution is -2.13. The van der Waals surface area contributed by atoms with Crippen molar-refractivity contribution in [2.24, 2.45) is 0 Å². The van der Waals surface area contributed by atoms with Crippen molar-refractivity contribution in [1.29, 1.82) is 0 Å². The van der Waals surface area contributed by atoms with Crippen LogP contribution in [-0.2, 0) is 13.2 Å². The van der Waals surface area contributed by atoms with Crippen LogP contribution in [0.3, 0.4) is 0 Å². The maximum absolute atomic E-state index is 13.7. The van der Waals surface area contributed by atoms with E-state index in [1.54, 1.807) is 11.6 Å². The first-order valence-corrected chi connectivity index (χ1v) is 6.73. The van der Waals surface area contributed by atoms with Gasteiger partial charge in [0.25, 0.3) is 0 Å². The van der Waals surface area contributed by atoms with Gasteiger partial charge in [-0.1, -0.05) is 19.1 Å². The predicted molar refractivity (Wildman–Crippen MR) is 70.2 cm³/mol. The second kappa shape index (κ2) is 6.47. The fourth-order valence-electron chi connectivity index (χ4n) is 1.57. The van der Waals surface area contributed by atoms with Crippen LogP contribution in [0.25, 0.3) is 0 Å². The SMILES string of the molecule is CCNCc1cccc(F)c1OCc1cscn1. The van der Waals surface area contributed by atoms with Gasteiger partial charge in [0, 0.05) is 17.5 Å². The summed E-state index contributed by atoms with van der Waals surface area (Å²) in [6.07, 6.45) is 0. The van der Waals surface area contributed by atoms with Crippen LogP contribution in [-0.4, -0.2) is 11.5 Å². The minimum Gasteiger partial charge on any atom is -0.484 e. The third kappa shape index (κ3) is 3.27. The van der Waals surface area contributed by atoms with E-state index >= 15 is 0 Å². The van der Waals surface area contributed by atoms with Crippen LogP contribution in [0.4, 0.5) is 4.39 Å². The molecule has 18 heavy (non-hydrogen) atoms. The number of aromatic nitrogens is 1. The topological polar surface area (TPSA) is 34.1 Å². The van der Waals surface area contributed by atoms with E-state index in [1.807, 2.05) is 18.4 Å². The summed E-state index contributed by atoms with van der Waals surface area (Å²) in [6.45, 7) is 3.74. The third-order valence-corrected chi connectivity index (χ3v) is 3.10. The standard InChI is InChI=1S/C13H15FN2OS/c1-2-15-6-10-4-3-5-12(14)13(10)17-7-11-8-18-9-16-11/h3-5,8-9,15H,2,6-7H2,1H3. The van der Waals surface area contributed by atoms with E-state index < -0.39 is 0 Å². The highest BCUT2D eigenvalue weighted by Crippen LogP contribution is 2.23. The lowest BCUT2D eigenvalue weighted by molar-refractivity contribution is 0.282. The van der Waals surface area contributed by atoms with Crippen molar-refractivity contribution in [1.82, 2.24) is 10.3 Å². The largest absolute Gasteiger partial charge is 0.484 e. The number of hydrogen-bond donors (Lipinski definition) is 1. The fraction of sp³-hybridized carbons (Fsp3) is 0.308. The Balaban J connectivity index is 2.09. The Morgan fingerprint density at radius 2 is 2.33 bits per heavy atom. The first-order chi connectivity index (χ1) is 8.81. The zero-order valence-corrected chi connectivity index (χ0v) is 11.0. The van der Waals surface area contributed by atoms with Crippen LogP contribution in [0.15, 0.2) is 29.1 Å². The number of nitrogens with one attached hydrogen (secondary N) is 1. The quantitative estimate of drug-likeness (QED) is 0.873. The Morgan fingerprint density at radius 1 is 1.44 bits per heavy atom. The first kappa shape index (κ1) is 13.0. The Bertz CT molecular complexity index is 488. The molecule has 0 fully saturated rings. The van der Waals surface area contributed by atoms with Gasteiger partial charge < -0.3 is 10.1 Å². The van der Waals surface area contributed by atoms with Crippen LogP contribution >= 0.6 is 11.3 Å². The van der Waals surface area contributed by atoms with E-state index in [1.165, 1.54) is 17.4 Å². The van der Waals surface area contributed by atoms with Crippen molar-refractivity contribution >= 4 is 11.3 Å². The number of para-hydroxylation sites is 1. The summed E-state index contributed by atoms with van der Waals surface area (Å²) in [7, 11) is 0. The second-order valence-electron chi connectivity index (χ2n) is 3.78. The summed E-state index contributed by atoms with van der Waals surface area (Å²) in [5.74, 6) is -0.0212. The summed E-state index contributed by atoms with van der Waals surface area (Å²) < 4.78 is 19.3. The van der Waals surface area contributed by atoms with Crippen LogP contribution in [0.5, 0.6) is 5.75 Å². The summed E-state index contributed by atoms with van der Waals surface area (Å²) >= 11 is 1.50. The number of rotatable bonds is 6. The lowest BCUT2D eigenvalue weighted by Gasteiger charge is -2.11. The van der Waals surface area contributed by atoms with Gasteiger partial charge in [0.15, 0.2) is 11.6 Å². The van der Waals surface area contributed by atoms with E-state index in [4.69, 9.17) is 4.74 Å². The average molecular weight is 266 g/mol. The minimum atomic E-state index is -0.333. The van der Waals surface area contributed by atoms with Crippen LogP contribution in [0.1, 0.15) is 18.2 Å². The highest BCUT2D eigenvalue weighted by molar-refractivity contribution is 7.07. The summed E-state index contributed by atoms with van der Waals surface area (Å²) in [5, 5.41) is 5.06. The van der Waals surface area contributed by atoms with Gasteiger partial charge in [-0.05, 0) is 12.6 Å². The van der Waals surface area contributed by atoms with E-state index in [-0.39, 0.29) is 5.82 Å². The molecular formula is C13H15FN2OS. The lowest BCUT2D eigenvalue weighted by atomic mass is 10.2. The maximum atomic E-state index is 13.7. The molecule has 1 aromatic carbocycles. The summed E-state index contributed by atoms with van der Waals surface area (Å²) in [4.78, 5) is 4.11. The Kier molecular flexibility index (Phi) is 4.66. The molecule has 0 aliphatic carbocycles. The number of halogens is 1. The monoisotopic (exact) mass is 266 g/mol. The van der Waals surface area contributed by atoms with Crippen molar-refractivity contribution in [3.05, 3.63) is 46.2 Å². The van der Waals surface area contributed by atoms with Crippen LogP contribution < -0.4 is 10.1 Å². The molecule has 2 aromatic rings. The minimum absolute atomic E-state index is 0.295. The molecule has 1 aromatic heterocycles. The Hall–Kier alpha value is -1.46. The molecule has 2 rings (SSSR count). The predicted octanol–water partition coefficient (Wildman–Crippen LogP) is 2.97. The molecule has 0 radical (unpaired) electrons. The molecule has 1 heterocycles. The number of ether oxygens (including phenoxy) is 1. The molecule has 0 aliphatic heterocycles. The Labute approximate surface area is 110 Å². The molecule has 5 heteroatoms. The van der Waals surface area contributed by atoms with Crippen molar-refractivity contribution in [3.63, 3.8) is 0 Å². The molecule has 0 aliphatic rings. The fourth-order valence-corrected chi connectivity index (χ4v) is 2.11. The highest BCUT2D eigenvalue weighted by atomic mass is 32.1. The summed E-state index contributed by atoms with van der Waals surface area (Å²) in [6, 6.07) is 4.96. The normalized spacial score (nSPS) is 10.6. The van der Waals surface area contributed by atoms with Gasteiger partial charge in [-0.15, -0.1) is 11.3 Å². The second-order valence-corrected chi connectivity index (χ2v) is 4.50. The smallest absolute Gasteiger partial charge is 0.165 e. The van der Waals surface area contributed by atoms with Gasteiger partial charge in [-0.2, -0.15) is 0 Å². The number of hydrogen-bond acceptors (Lipinski definition) is 4. The van der Waals surface area contributed by atoms with Gasteiger partial charge in [-0.25, -0.2) is 9.37 Å². The van der Waals surface area contributed by atoms with E-state index in [2.05, 4.69) is 10.3 Å².